The van der Waals surface area contributed by atoms with Gasteiger partial charge in [0.2, 0.25) is 10.0 Å². The van der Waals surface area contributed by atoms with Gasteiger partial charge in [-0.2, -0.15) is 9.40 Å². The summed E-state index contributed by atoms with van der Waals surface area (Å²) in [6.07, 6.45) is 0. The molecule has 0 saturated carbocycles. The molecule has 0 aliphatic rings. The molecule has 2 aromatic heterocycles. The van der Waals surface area contributed by atoms with Gasteiger partial charge >= 0.3 is 0 Å². The van der Waals surface area contributed by atoms with E-state index in [1.807, 2.05) is 38.3 Å². The van der Waals surface area contributed by atoms with Gasteiger partial charge in [0.05, 0.1) is 11.4 Å². The van der Waals surface area contributed by atoms with Crippen LogP contribution >= 0.6 is 11.3 Å². The van der Waals surface area contributed by atoms with E-state index >= 15 is 0 Å². The highest BCUT2D eigenvalue weighted by Crippen LogP contribution is 2.26. The van der Waals surface area contributed by atoms with Crippen LogP contribution in [0.15, 0.2) is 22.4 Å². The summed E-state index contributed by atoms with van der Waals surface area (Å²) in [6.45, 7) is 7.92. The molecule has 0 unspecified atom stereocenters. The van der Waals surface area contributed by atoms with Gasteiger partial charge < -0.3 is 0 Å². The van der Waals surface area contributed by atoms with Crippen molar-refractivity contribution < 1.29 is 8.42 Å². The molecule has 0 N–H and O–H groups in total. The average molecular weight is 327 g/mol. The Labute approximate surface area is 130 Å². The summed E-state index contributed by atoms with van der Waals surface area (Å²) in [5.74, 6) is 0. The molecule has 0 atom stereocenters. The van der Waals surface area contributed by atoms with Gasteiger partial charge in [0.1, 0.15) is 4.90 Å². The van der Waals surface area contributed by atoms with E-state index in [4.69, 9.17) is 0 Å². The summed E-state index contributed by atoms with van der Waals surface area (Å²) in [6, 6.07) is 4.00. The fraction of sp³-hybridized carbons (Fsp3) is 0.500. The lowest BCUT2D eigenvalue weighted by Gasteiger charge is -2.17. The quantitative estimate of drug-likeness (QED) is 0.848. The first-order valence-corrected chi connectivity index (χ1v) is 9.11. The fourth-order valence-corrected chi connectivity index (χ4v) is 4.73. The van der Waals surface area contributed by atoms with Gasteiger partial charge in [0.15, 0.2) is 0 Å². The largest absolute Gasteiger partial charge is 0.266 e. The molecule has 116 valence electrons. The fourth-order valence-electron chi connectivity index (χ4n) is 2.39. The Balaban J connectivity index is 2.40. The monoisotopic (exact) mass is 327 g/mol. The number of nitrogens with zero attached hydrogens (tertiary/aromatic N) is 3. The molecular weight excluding hydrogens is 306 g/mol. The number of hydrogen-bond donors (Lipinski definition) is 0. The van der Waals surface area contributed by atoms with Crippen LogP contribution in [0, 0.1) is 13.8 Å². The van der Waals surface area contributed by atoms with Crippen LogP contribution in [0.5, 0.6) is 0 Å². The van der Waals surface area contributed by atoms with Crippen molar-refractivity contribution in [3.05, 3.63) is 33.8 Å². The zero-order chi connectivity index (χ0) is 15.8. The molecule has 0 aliphatic heterocycles. The molecular formula is C14H21N3O2S2. The Morgan fingerprint density at radius 2 is 2.05 bits per heavy atom. The van der Waals surface area contributed by atoms with Gasteiger partial charge in [0, 0.05) is 24.5 Å². The van der Waals surface area contributed by atoms with E-state index in [0.717, 1.165) is 4.88 Å². The van der Waals surface area contributed by atoms with Gasteiger partial charge in [-0.15, -0.1) is 11.3 Å². The van der Waals surface area contributed by atoms with Crippen LogP contribution in [0.3, 0.4) is 0 Å². The smallest absolute Gasteiger partial charge is 0.246 e. The summed E-state index contributed by atoms with van der Waals surface area (Å²) in [7, 11) is -1.92. The molecule has 0 spiro atoms. The van der Waals surface area contributed by atoms with Gasteiger partial charge in [-0.25, -0.2) is 8.42 Å². The van der Waals surface area contributed by atoms with Gasteiger partial charge in [0.25, 0.3) is 0 Å². The zero-order valence-electron chi connectivity index (χ0n) is 13.0. The molecule has 0 aromatic carbocycles. The number of sulfonamides is 1. The molecule has 21 heavy (non-hydrogen) atoms. The Morgan fingerprint density at radius 3 is 2.52 bits per heavy atom. The molecule has 0 radical (unpaired) electrons. The standard InChI is InChI=1S/C14H21N3O2S2/c1-10(2)17-12(4)14(11(3)15-17)21(18,19)16(5)9-13-7-6-8-20-13/h6-8,10H,9H2,1-5H3. The molecule has 0 amide bonds. The lowest BCUT2D eigenvalue weighted by molar-refractivity contribution is 0.467. The Hall–Kier alpha value is -1.18. The van der Waals surface area contributed by atoms with Crippen molar-refractivity contribution >= 4 is 21.4 Å². The van der Waals surface area contributed by atoms with E-state index in [1.165, 1.54) is 4.31 Å². The molecule has 2 heterocycles. The second-order valence-corrected chi connectivity index (χ2v) is 8.39. The molecule has 2 rings (SSSR count). The van der Waals surface area contributed by atoms with E-state index in [-0.39, 0.29) is 6.04 Å². The Kier molecular flexibility index (Phi) is 4.55. The van der Waals surface area contributed by atoms with Crippen molar-refractivity contribution in [3.63, 3.8) is 0 Å². The minimum Gasteiger partial charge on any atom is -0.266 e. The third-order valence-corrected chi connectivity index (χ3v) is 6.29. The number of hydrogen-bond acceptors (Lipinski definition) is 4. The van der Waals surface area contributed by atoms with Crippen molar-refractivity contribution in [1.29, 1.82) is 0 Å². The maximum absolute atomic E-state index is 12.8. The predicted molar refractivity (Wildman–Crippen MR) is 85.1 cm³/mol. The summed E-state index contributed by atoms with van der Waals surface area (Å²) < 4.78 is 28.8. The van der Waals surface area contributed by atoms with Crippen LogP contribution in [-0.4, -0.2) is 29.6 Å². The van der Waals surface area contributed by atoms with E-state index in [1.54, 1.807) is 30.0 Å². The topological polar surface area (TPSA) is 55.2 Å². The van der Waals surface area contributed by atoms with E-state index in [0.29, 0.717) is 22.8 Å². The van der Waals surface area contributed by atoms with Crippen LogP contribution in [0.4, 0.5) is 0 Å². The first kappa shape index (κ1) is 16.2. The molecule has 5 nitrogen and oxygen atoms in total. The molecule has 0 fully saturated rings. The highest BCUT2D eigenvalue weighted by molar-refractivity contribution is 7.89. The molecule has 7 heteroatoms. The number of thiophene rings is 1. The zero-order valence-corrected chi connectivity index (χ0v) is 14.6. The Morgan fingerprint density at radius 1 is 1.38 bits per heavy atom. The van der Waals surface area contributed by atoms with E-state index < -0.39 is 10.0 Å². The van der Waals surface area contributed by atoms with E-state index in [2.05, 4.69) is 5.10 Å². The van der Waals surface area contributed by atoms with Crippen molar-refractivity contribution in [2.24, 2.45) is 0 Å². The lowest BCUT2D eigenvalue weighted by atomic mass is 10.3. The molecule has 0 bridgehead atoms. The Bertz CT molecular complexity index is 716. The highest BCUT2D eigenvalue weighted by Gasteiger charge is 2.29. The van der Waals surface area contributed by atoms with Gasteiger partial charge in [-0.3, -0.25) is 4.68 Å². The van der Waals surface area contributed by atoms with Crippen molar-refractivity contribution in [2.45, 2.75) is 45.2 Å². The van der Waals surface area contributed by atoms with Crippen LogP contribution in [-0.2, 0) is 16.6 Å². The highest BCUT2D eigenvalue weighted by atomic mass is 32.2. The summed E-state index contributed by atoms with van der Waals surface area (Å²) >= 11 is 1.55. The summed E-state index contributed by atoms with van der Waals surface area (Å²) in [5.41, 5.74) is 1.25. The average Bonchev–Trinajstić information content (AvgIpc) is 2.97. The van der Waals surface area contributed by atoms with Crippen LogP contribution in [0.1, 0.15) is 36.2 Å². The van der Waals surface area contributed by atoms with Gasteiger partial charge in [-0.05, 0) is 39.1 Å². The van der Waals surface area contributed by atoms with Crippen molar-refractivity contribution in [1.82, 2.24) is 14.1 Å². The summed E-state index contributed by atoms with van der Waals surface area (Å²) in [5, 5.41) is 6.32. The third kappa shape index (κ3) is 3.04. The minimum absolute atomic E-state index is 0.134. The predicted octanol–water partition coefficient (Wildman–Crippen LogP) is 2.96. The third-order valence-electron chi connectivity index (χ3n) is 3.37. The van der Waals surface area contributed by atoms with Crippen molar-refractivity contribution in [2.75, 3.05) is 7.05 Å². The van der Waals surface area contributed by atoms with Crippen molar-refractivity contribution in [3.8, 4) is 0 Å². The summed E-state index contributed by atoms with van der Waals surface area (Å²) in [4.78, 5) is 1.35. The normalized spacial score (nSPS) is 12.5. The van der Waals surface area contributed by atoms with Crippen LogP contribution in [0.2, 0.25) is 0 Å². The molecule has 0 aliphatic carbocycles. The van der Waals surface area contributed by atoms with Crippen LogP contribution < -0.4 is 0 Å². The maximum Gasteiger partial charge on any atom is 0.246 e. The minimum atomic E-state index is -3.53. The maximum atomic E-state index is 12.8. The number of rotatable bonds is 5. The first-order valence-electron chi connectivity index (χ1n) is 6.79. The molecule has 0 saturated heterocycles. The van der Waals surface area contributed by atoms with E-state index in [9.17, 15) is 8.42 Å². The van der Waals surface area contributed by atoms with Gasteiger partial charge in [-0.1, -0.05) is 6.07 Å². The second-order valence-electron chi connectivity index (χ2n) is 5.38. The molecule has 2 aromatic rings. The SMILES string of the molecule is Cc1nn(C(C)C)c(C)c1S(=O)(=O)N(C)Cc1cccs1. The second kappa shape index (κ2) is 5.90. The number of aromatic nitrogens is 2. The lowest BCUT2D eigenvalue weighted by Crippen LogP contribution is -2.27. The first-order chi connectivity index (χ1) is 9.75. The number of aryl methyl sites for hydroxylation is 1. The van der Waals surface area contributed by atoms with Crippen LogP contribution in [0.25, 0.3) is 0 Å².